The molecular weight excluding hydrogens is 323 g/mol. The molecule has 0 aliphatic carbocycles. The third kappa shape index (κ3) is 3.22. The van der Waals surface area contributed by atoms with Crippen LogP contribution in [-0.2, 0) is 6.54 Å². The van der Waals surface area contributed by atoms with Crippen LogP contribution in [0.25, 0.3) is 0 Å². The van der Waals surface area contributed by atoms with Gasteiger partial charge in [-0.25, -0.2) is 4.39 Å². The largest absolute Gasteiger partial charge is 0.495 e. The molecule has 20 heavy (non-hydrogen) atoms. The summed E-state index contributed by atoms with van der Waals surface area (Å²) in [5.74, 6) is 0.114. The molecule has 0 unspecified atom stereocenters. The van der Waals surface area contributed by atoms with E-state index in [9.17, 15) is 4.39 Å². The minimum absolute atomic E-state index is 0.296. The van der Waals surface area contributed by atoms with Crippen molar-refractivity contribution in [2.45, 2.75) is 6.54 Å². The second-order valence-corrected chi connectivity index (χ2v) is 5.45. The second-order valence-electron chi connectivity index (χ2n) is 4.53. The van der Waals surface area contributed by atoms with Crippen molar-refractivity contribution >= 4 is 27.3 Å². The molecule has 0 aliphatic rings. The topological polar surface area (TPSA) is 38.5 Å². The molecule has 0 aliphatic heterocycles. The van der Waals surface area contributed by atoms with E-state index in [1.54, 1.807) is 6.07 Å². The Balaban J connectivity index is 2.27. The standard InChI is InChI=1S/C15H16BrFN2O/c1-19(9-10-4-3-5-11(16)6-10)14-8-15(20-2)13(18)7-12(14)17/h3-8H,9,18H2,1-2H3. The van der Waals surface area contributed by atoms with Crippen molar-refractivity contribution in [3.63, 3.8) is 0 Å². The lowest BCUT2D eigenvalue weighted by Crippen LogP contribution is -2.18. The van der Waals surface area contributed by atoms with Gasteiger partial charge >= 0.3 is 0 Å². The fourth-order valence-electron chi connectivity index (χ4n) is 2.02. The Kier molecular flexibility index (Phi) is 4.49. The summed E-state index contributed by atoms with van der Waals surface area (Å²) in [5, 5.41) is 0. The van der Waals surface area contributed by atoms with Crippen molar-refractivity contribution < 1.29 is 9.13 Å². The van der Waals surface area contributed by atoms with Crippen molar-refractivity contribution in [1.29, 1.82) is 0 Å². The Morgan fingerprint density at radius 2 is 2.05 bits per heavy atom. The summed E-state index contributed by atoms with van der Waals surface area (Å²) < 4.78 is 20.1. The molecule has 0 saturated carbocycles. The monoisotopic (exact) mass is 338 g/mol. The molecule has 5 heteroatoms. The van der Waals surface area contributed by atoms with Gasteiger partial charge in [0.1, 0.15) is 11.6 Å². The number of nitrogen functional groups attached to an aromatic ring is 1. The summed E-state index contributed by atoms with van der Waals surface area (Å²) in [6.45, 7) is 0.587. The molecule has 0 heterocycles. The lowest BCUT2D eigenvalue weighted by molar-refractivity contribution is 0.416. The normalized spacial score (nSPS) is 10.4. The van der Waals surface area contributed by atoms with Gasteiger partial charge in [-0.1, -0.05) is 28.1 Å². The van der Waals surface area contributed by atoms with Crippen LogP contribution >= 0.6 is 15.9 Å². The molecule has 2 N–H and O–H groups in total. The van der Waals surface area contributed by atoms with Gasteiger partial charge in [-0.3, -0.25) is 0 Å². The third-order valence-electron chi connectivity index (χ3n) is 3.02. The van der Waals surface area contributed by atoms with Gasteiger partial charge in [-0.15, -0.1) is 0 Å². The zero-order chi connectivity index (χ0) is 14.7. The minimum Gasteiger partial charge on any atom is -0.495 e. The number of nitrogens with zero attached hydrogens (tertiary/aromatic N) is 1. The molecule has 2 aromatic rings. The van der Waals surface area contributed by atoms with E-state index in [0.29, 0.717) is 23.7 Å². The van der Waals surface area contributed by atoms with E-state index in [4.69, 9.17) is 10.5 Å². The highest BCUT2D eigenvalue weighted by atomic mass is 79.9. The summed E-state index contributed by atoms with van der Waals surface area (Å²) in [4.78, 5) is 1.82. The molecule has 3 nitrogen and oxygen atoms in total. The predicted molar refractivity (Wildman–Crippen MR) is 83.6 cm³/mol. The van der Waals surface area contributed by atoms with E-state index in [2.05, 4.69) is 15.9 Å². The van der Waals surface area contributed by atoms with Gasteiger partial charge in [0.2, 0.25) is 0 Å². The van der Waals surface area contributed by atoms with E-state index in [1.807, 2.05) is 36.2 Å². The van der Waals surface area contributed by atoms with Crippen LogP contribution in [-0.4, -0.2) is 14.2 Å². The van der Waals surface area contributed by atoms with E-state index in [-0.39, 0.29) is 5.82 Å². The Morgan fingerprint density at radius 1 is 1.30 bits per heavy atom. The van der Waals surface area contributed by atoms with E-state index in [1.165, 1.54) is 13.2 Å². The maximum atomic E-state index is 14.0. The van der Waals surface area contributed by atoms with Crippen LogP contribution < -0.4 is 15.4 Å². The Morgan fingerprint density at radius 3 is 2.70 bits per heavy atom. The summed E-state index contributed by atoms with van der Waals surface area (Å²) in [7, 11) is 3.34. The maximum Gasteiger partial charge on any atom is 0.148 e. The fraction of sp³-hybridized carbons (Fsp3) is 0.200. The van der Waals surface area contributed by atoms with E-state index < -0.39 is 0 Å². The number of ether oxygens (including phenoxy) is 1. The highest BCUT2D eigenvalue weighted by Crippen LogP contribution is 2.30. The Labute approximate surface area is 126 Å². The molecule has 0 amide bonds. The first kappa shape index (κ1) is 14.7. The Hall–Kier alpha value is -1.75. The molecule has 2 aromatic carbocycles. The highest BCUT2D eigenvalue weighted by Gasteiger charge is 2.12. The van der Waals surface area contributed by atoms with Crippen molar-refractivity contribution in [2.75, 3.05) is 24.8 Å². The molecule has 2 rings (SSSR count). The zero-order valence-corrected chi connectivity index (χ0v) is 12.9. The summed E-state index contributed by atoms with van der Waals surface area (Å²) >= 11 is 3.43. The number of halogens is 2. The lowest BCUT2D eigenvalue weighted by atomic mass is 10.2. The van der Waals surface area contributed by atoms with Crippen LogP contribution in [0.1, 0.15) is 5.56 Å². The van der Waals surface area contributed by atoms with Crippen LogP contribution in [0.15, 0.2) is 40.9 Å². The molecule has 0 atom stereocenters. The smallest absolute Gasteiger partial charge is 0.148 e. The number of methoxy groups -OCH3 is 1. The first-order valence-electron chi connectivity index (χ1n) is 6.10. The molecule has 106 valence electrons. The third-order valence-corrected chi connectivity index (χ3v) is 3.51. The van der Waals surface area contributed by atoms with Crippen LogP contribution in [0.5, 0.6) is 5.75 Å². The first-order chi connectivity index (χ1) is 9.51. The zero-order valence-electron chi connectivity index (χ0n) is 11.4. The lowest BCUT2D eigenvalue weighted by Gasteiger charge is -2.21. The molecule has 0 saturated heterocycles. The highest BCUT2D eigenvalue weighted by molar-refractivity contribution is 9.10. The van der Waals surface area contributed by atoms with Gasteiger partial charge < -0.3 is 15.4 Å². The summed E-state index contributed by atoms with van der Waals surface area (Å²) in [5.41, 5.74) is 7.51. The van der Waals surface area contributed by atoms with Gasteiger partial charge in [0.15, 0.2) is 0 Å². The maximum absolute atomic E-state index is 14.0. The molecular formula is C15H16BrFN2O. The van der Waals surface area contributed by atoms with Crippen molar-refractivity contribution in [3.8, 4) is 5.75 Å². The van der Waals surface area contributed by atoms with Gasteiger partial charge in [-0.05, 0) is 17.7 Å². The van der Waals surface area contributed by atoms with Crippen molar-refractivity contribution in [2.24, 2.45) is 0 Å². The number of nitrogens with two attached hydrogens (primary N) is 1. The number of benzene rings is 2. The van der Waals surface area contributed by atoms with Gasteiger partial charge in [0.05, 0.1) is 18.5 Å². The SMILES string of the molecule is COc1cc(N(C)Cc2cccc(Br)c2)c(F)cc1N. The van der Waals surface area contributed by atoms with Crippen molar-refractivity contribution in [1.82, 2.24) is 0 Å². The van der Waals surface area contributed by atoms with E-state index in [0.717, 1.165) is 10.0 Å². The molecule has 0 spiro atoms. The molecule has 0 fully saturated rings. The average molecular weight is 339 g/mol. The molecule has 0 aromatic heterocycles. The van der Waals surface area contributed by atoms with E-state index >= 15 is 0 Å². The van der Waals surface area contributed by atoms with Crippen LogP contribution in [0, 0.1) is 5.82 Å². The number of hydrogen-bond acceptors (Lipinski definition) is 3. The summed E-state index contributed by atoms with van der Waals surface area (Å²) in [6, 6.07) is 10.8. The quantitative estimate of drug-likeness (QED) is 0.861. The first-order valence-corrected chi connectivity index (χ1v) is 6.89. The Bertz CT molecular complexity index is 619. The number of rotatable bonds is 4. The van der Waals surface area contributed by atoms with Gasteiger partial charge in [0.25, 0.3) is 0 Å². The van der Waals surface area contributed by atoms with Gasteiger partial charge in [0, 0.05) is 30.2 Å². The predicted octanol–water partition coefficient (Wildman–Crippen LogP) is 3.82. The number of anilines is 2. The fourth-order valence-corrected chi connectivity index (χ4v) is 2.47. The van der Waals surface area contributed by atoms with Crippen LogP contribution in [0.4, 0.5) is 15.8 Å². The summed E-state index contributed by atoms with van der Waals surface area (Å²) in [6.07, 6.45) is 0. The number of hydrogen-bond donors (Lipinski definition) is 1. The average Bonchev–Trinajstić information content (AvgIpc) is 2.38. The second kappa shape index (κ2) is 6.13. The van der Waals surface area contributed by atoms with Crippen LogP contribution in [0.2, 0.25) is 0 Å². The molecule has 0 radical (unpaired) electrons. The van der Waals surface area contributed by atoms with Crippen molar-refractivity contribution in [3.05, 3.63) is 52.3 Å². The van der Waals surface area contributed by atoms with Gasteiger partial charge in [-0.2, -0.15) is 0 Å². The molecule has 0 bridgehead atoms. The minimum atomic E-state index is -0.360. The van der Waals surface area contributed by atoms with Crippen LogP contribution in [0.3, 0.4) is 0 Å².